The summed E-state index contributed by atoms with van der Waals surface area (Å²) >= 11 is 0. The van der Waals surface area contributed by atoms with E-state index in [0.717, 1.165) is 5.56 Å². The molecule has 4 N–H and O–H groups in total. The summed E-state index contributed by atoms with van der Waals surface area (Å²) in [5.41, 5.74) is 6.05. The summed E-state index contributed by atoms with van der Waals surface area (Å²) in [7, 11) is 0. The van der Waals surface area contributed by atoms with Crippen molar-refractivity contribution in [2.75, 3.05) is 6.54 Å². The van der Waals surface area contributed by atoms with Crippen LogP contribution in [0.5, 0.6) is 0 Å². The van der Waals surface area contributed by atoms with Gasteiger partial charge in [-0.15, -0.1) is 0 Å². The number of carbonyl (C=O) groups excluding carboxylic acids is 1. The number of benzene rings is 1. The lowest BCUT2D eigenvalue weighted by atomic mass is 10.2. The summed E-state index contributed by atoms with van der Waals surface area (Å²) in [5.74, 6) is -1.17. The predicted molar refractivity (Wildman–Crippen MR) is 60.2 cm³/mol. The fourth-order valence-corrected chi connectivity index (χ4v) is 1.05. The number of ether oxygens (including phenoxy) is 1. The summed E-state index contributed by atoms with van der Waals surface area (Å²) in [6.45, 7) is -0.0298. The van der Waals surface area contributed by atoms with Crippen molar-refractivity contribution in [2.45, 2.75) is 12.6 Å². The van der Waals surface area contributed by atoms with Crippen molar-refractivity contribution < 1.29 is 19.4 Å². The lowest BCUT2D eigenvalue weighted by molar-refractivity contribution is -0.138. The van der Waals surface area contributed by atoms with Crippen LogP contribution in [-0.2, 0) is 16.1 Å². The molecule has 1 amide bonds. The van der Waals surface area contributed by atoms with E-state index in [2.05, 4.69) is 5.32 Å². The molecule has 0 aromatic heterocycles. The maximum absolute atomic E-state index is 11.2. The maximum atomic E-state index is 11.2. The number of carboxylic acid groups (broad SMARTS) is 1. The highest BCUT2D eigenvalue weighted by molar-refractivity contribution is 5.75. The molecule has 1 aromatic carbocycles. The molecular formula is C11H14N2O4. The van der Waals surface area contributed by atoms with Gasteiger partial charge in [0.1, 0.15) is 12.6 Å². The largest absolute Gasteiger partial charge is 0.480 e. The number of carbonyl (C=O) groups is 2. The zero-order valence-corrected chi connectivity index (χ0v) is 9.13. The summed E-state index contributed by atoms with van der Waals surface area (Å²) in [5, 5.41) is 10.8. The normalized spacial score (nSPS) is 11.6. The minimum atomic E-state index is -1.17. The number of rotatable bonds is 5. The zero-order chi connectivity index (χ0) is 12.7. The van der Waals surface area contributed by atoms with Crippen LogP contribution in [0.15, 0.2) is 30.3 Å². The molecule has 92 valence electrons. The van der Waals surface area contributed by atoms with Gasteiger partial charge in [0, 0.05) is 6.54 Å². The third kappa shape index (κ3) is 4.98. The molecule has 0 bridgehead atoms. The molecule has 0 aliphatic carbocycles. The highest BCUT2D eigenvalue weighted by Crippen LogP contribution is 2.00. The molecule has 6 heteroatoms. The molecule has 0 spiro atoms. The van der Waals surface area contributed by atoms with Crippen LogP contribution in [0.4, 0.5) is 4.79 Å². The van der Waals surface area contributed by atoms with Gasteiger partial charge < -0.3 is 20.9 Å². The minimum Gasteiger partial charge on any atom is -0.480 e. The van der Waals surface area contributed by atoms with Gasteiger partial charge in [-0.3, -0.25) is 4.79 Å². The monoisotopic (exact) mass is 238 g/mol. The van der Waals surface area contributed by atoms with Crippen molar-refractivity contribution in [3.05, 3.63) is 35.9 Å². The molecule has 1 atom stereocenters. The summed E-state index contributed by atoms with van der Waals surface area (Å²) < 4.78 is 4.86. The van der Waals surface area contributed by atoms with E-state index in [4.69, 9.17) is 15.6 Å². The number of nitrogens with one attached hydrogen (secondary N) is 1. The van der Waals surface area contributed by atoms with E-state index < -0.39 is 18.1 Å². The molecule has 6 nitrogen and oxygen atoms in total. The van der Waals surface area contributed by atoms with Crippen molar-refractivity contribution in [3.8, 4) is 0 Å². The van der Waals surface area contributed by atoms with Crippen LogP contribution >= 0.6 is 0 Å². The standard InChI is InChI=1S/C11H14N2O4/c12-9(10(14)15)6-13-11(16)17-7-8-4-2-1-3-5-8/h1-5,9H,6-7,12H2,(H,13,16)(H,14,15). The highest BCUT2D eigenvalue weighted by Gasteiger charge is 2.12. The molecular weight excluding hydrogens is 224 g/mol. The topological polar surface area (TPSA) is 102 Å². The first-order chi connectivity index (χ1) is 8.09. The number of aliphatic carboxylic acids is 1. The van der Waals surface area contributed by atoms with E-state index >= 15 is 0 Å². The van der Waals surface area contributed by atoms with Crippen LogP contribution in [0.3, 0.4) is 0 Å². The van der Waals surface area contributed by atoms with Crippen molar-refractivity contribution >= 4 is 12.1 Å². The van der Waals surface area contributed by atoms with Gasteiger partial charge in [0.05, 0.1) is 0 Å². The summed E-state index contributed by atoms with van der Waals surface area (Å²) in [4.78, 5) is 21.5. The molecule has 0 saturated heterocycles. The van der Waals surface area contributed by atoms with Crippen molar-refractivity contribution in [3.63, 3.8) is 0 Å². The lowest BCUT2D eigenvalue weighted by Crippen LogP contribution is -2.42. The average Bonchev–Trinajstić information content (AvgIpc) is 2.34. The number of alkyl carbamates (subject to hydrolysis) is 1. The Labute approximate surface area is 98.4 Å². The fraction of sp³-hybridized carbons (Fsp3) is 0.273. The van der Waals surface area contributed by atoms with Crippen LogP contribution in [-0.4, -0.2) is 29.8 Å². The Bertz CT molecular complexity index is 380. The van der Waals surface area contributed by atoms with Crippen LogP contribution in [0.2, 0.25) is 0 Å². The number of hydrogen-bond donors (Lipinski definition) is 3. The van der Waals surface area contributed by atoms with Crippen LogP contribution in [0.25, 0.3) is 0 Å². The Morgan fingerprint density at radius 1 is 1.35 bits per heavy atom. The number of nitrogens with two attached hydrogens (primary N) is 1. The van der Waals surface area contributed by atoms with Gasteiger partial charge in [-0.1, -0.05) is 30.3 Å². The molecule has 0 fully saturated rings. The third-order valence-electron chi connectivity index (χ3n) is 2.00. The van der Waals surface area contributed by atoms with Gasteiger partial charge in [0.15, 0.2) is 0 Å². The SMILES string of the molecule is NC(CNC(=O)OCc1ccccc1)C(=O)O. The molecule has 17 heavy (non-hydrogen) atoms. The predicted octanol–water partition coefficient (Wildman–Crippen LogP) is 0.325. The quantitative estimate of drug-likeness (QED) is 0.686. The first kappa shape index (κ1) is 13.0. The molecule has 0 saturated carbocycles. The Kier molecular flexibility index (Phi) is 4.96. The van der Waals surface area contributed by atoms with Crippen LogP contribution < -0.4 is 11.1 Å². The first-order valence-corrected chi connectivity index (χ1v) is 5.02. The zero-order valence-electron chi connectivity index (χ0n) is 9.13. The number of hydrogen-bond acceptors (Lipinski definition) is 4. The molecule has 1 rings (SSSR count). The second-order valence-corrected chi connectivity index (χ2v) is 3.39. The van der Waals surface area contributed by atoms with Gasteiger partial charge in [0.25, 0.3) is 0 Å². The van der Waals surface area contributed by atoms with E-state index in [1.165, 1.54) is 0 Å². The Balaban J connectivity index is 2.24. The molecule has 0 heterocycles. The highest BCUT2D eigenvalue weighted by atomic mass is 16.5. The Morgan fingerprint density at radius 2 is 2.00 bits per heavy atom. The minimum absolute atomic E-state index is 0.134. The second kappa shape index (κ2) is 6.49. The van der Waals surface area contributed by atoms with Gasteiger partial charge in [-0.25, -0.2) is 4.79 Å². The fourth-order valence-electron chi connectivity index (χ4n) is 1.05. The van der Waals surface area contributed by atoms with Gasteiger partial charge in [0.2, 0.25) is 0 Å². The maximum Gasteiger partial charge on any atom is 0.407 e. The van der Waals surface area contributed by atoms with E-state index in [1.54, 1.807) is 0 Å². The Hall–Kier alpha value is -2.08. The Morgan fingerprint density at radius 3 is 2.59 bits per heavy atom. The van der Waals surface area contributed by atoms with Crippen LogP contribution in [0, 0.1) is 0 Å². The third-order valence-corrected chi connectivity index (χ3v) is 2.00. The molecule has 0 aliphatic rings. The van der Waals surface area contributed by atoms with Gasteiger partial charge in [-0.05, 0) is 5.56 Å². The molecule has 1 unspecified atom stereocenters. The first-order valence-electron chi connectivity index (χ1n) is 5.02. The lowest BCUT2D eigenvalue weighted by Gasteiger charge is -2.09. The van der Waals surface area contributed by atoms with Crippen molar-refractivity contribution in [1.82, 2.24) is 5.32 Å². The van der Waals surface area contributed by atoms with Crippen LogP contribution in [0.1, 0.15) is 5.56 Å². The molecule has 0 radical (unpaired) electrons. The smallest absolute Gasteiger partial charge is 0.407 e. The molecule has 1 aromatic rings. The molecule has 0 aliphatic heterocycles. The van der Waals surface area contributed by atoms with E-state index in [9.17, 15) is 9.59 Å². The van der Waals surface area contributed by atoms with E-state index in [0.29, 0.717) is 0 Å². The van der Waals surface area contributed by atoms with Gasteiger partial charge >= 0.3 is 12.1 Å². The summed E-state index contributed by atoms with van der Waals surface area (Å²) in [6.07, 6.45) is -0.689. The van der Waals surface area contributed by atoms with Crippen molar-refractivity contribution in [2.24, 2.45) is 5.73 Å². The number of carboxylic acids is 1. The van der Waals surface area contributed by atoms with E-state index in [-0.39, 0.29) is 13.2 Å². The second-order valence-electron chi connectivity index (χ2n) is 3.39. The average molecular weight is 238 g/mol. The number of amides is 1. The van der Waals surface area contributed by atoms with Gasteiger partial charge in [-0.2, -0.15) is 0 Å². The summed E-state index contributed by atoms with van der Waals surface area (Å²) in [6, 6.07) is 8.02. The van der Waals surface area contributed by atoms with E-state index in [1.807, 2.05) is 30.3 Å². The van der Waals surface area contributed by atoms with Crippen molar-refractivity contribution in [1.29, 1.82) is 0 Å².